The molecule has 1 fully saturated rings. The Balaban J connectivity index is 1.92. The maximum atomic E-state index is 11.8. The molecule has 0 aromatic carbocycles. The zero-order chi connectivity index (χ0) is 12.3. The second kappa shape index (κ2) is 5.60. The van der Waals surface area contributed by atoms with Gasteiger partial charge in [-0.1, -0.05) is 13.3 Å². The molecule has 1 aliphatic carbocycles. The summed E-state index contributed by atoms with van der Waals surface area (Å²) >= 11 is 1.40. The van der Waals surface area contributed by atoms with Gasteiger partial charge in [0.1, 0.15) is 11.1 Å². The smallest absolute Gasteiger partial charge is 0.358 e. The molecular weight excluding hydrogens is 236 g/mol. The van der Waals surface area contributed by atoms with Crippen molar-refractivity contribution in [1.82, 2.24) is 4.98 Å². The van der Waals surface area contributed by atoms with Crippen molar-refractivity contribution in [3.63, 3.8) is 0 Å². The van der Waals surface area contributed by atoms with E-state index in [-0.39, 0.29) is 12.1 Å². The zero-order valence-corrected chi connectivity index (χ0v) is 10.8. The summed E-state index contributed by atoms with van der Waals surface area (Å²) in [5.74, 6) is 0.344. The van der Waals surface area contributed by atoms with Gasteiger partial charge in [-0.3, -0.25) is 0 Å². The molecule has 0 spiro atoms. The topological polar surface area (TPSA) is 65.2 Å². The highest BCUT2D eigenvalue weighted by Crippen LogP contribution is 2.26. The molecule has 0 saturated heterocycles. The zero-order valence-electron chi connectivity index (χ0n) is 10.0. The van der Waals surface area contributed by atoms with Crippen LogP contribution in [0.5, 0.6) is 0 Å². The van der Waals surface area contributed by atoms with Gasteiger partial charge in [0.05, 0.1) is 0 Å². The van der Waals surface area contributed by atoms with Gasteiger partial charge in [-0.25, -0.2) is 9.78 Å². The highest BCUT2D eigenvalue weighted by molar-refractivity contribution is 7.09. The Morgan fingerprint density at radius 1 is 1.65 bits per heavy atom. The summed E-state index contributed by atoms with van der Waals surface area (Å²) in [6.45, 7) is 2.58. The van der Waals surface area contributed by atoms with E-state index >= 15 is 0 Å². The van der Waals surface area contributed by atoms with Crippen LogP contribution in [0.4, 0.5) is 0 Å². The molecule has 17 heavy (non-hydrogen) atoms. The van der Waals surface area contributed by atoms with Crippen LogP contribution in [0.15, 0.2) is 5.38 Å². The average molecular weight is 254 g/mol. The van der Waals surface area contributed by atoms with E-state index < -0.39 is 0 Å². The molecule has 2 rings (SSSR count). The molecule has 4 nitrogen and oxygen atoms in total. The van der Waals surface area contributed by atoms with Crippen molar-refractivity contribution >= 4 is 17.3 Å². The maximum Gasteiger partial charge on any atom is 0.358 e. The molecule has 1 saturated carbocycles. The number of rotatable bonds is 3. The van der Waals surface area contributed by atoms with E-state index in [9.17, 15) is 4.79 Å². The third-order valence-corrected chi connectivity index (χ3v) is 3.97. The van der Waals surface area contributed by atoms with E-state index in [0.717, 1.165) is 24.3 Å². The van der Waals surface area contributed by atoms with Gasteiger partial charge in [0, 0.05) is 11.9 Å². The number of esters is 1. The van der Waals surface area contributed by atoms with Crippen molar-refractivity contribution in [2.24, 2.45) is 11.7 Å². The second-order valence-electron chi connectivity index (χ2n) is 4.63. The summed E-state index contributed by atoms with van der Waals surface area (Å²) in [5, 5.41) is 2.49. The molecule has 94 valence electrons. The maximum absolute atomic E-state index is 11.8. The summed E-state index contributed by atoms with van der Waals surface area (Å²) in [7, 11) is 0. The minimum atomic E-state index is -0.306. The van der Waals surface area contributed by atoms with Crippen LogP contribution in [0.2, 0.25) is 0 Å². The Morgan fingerprint density at radius 2 is 2.47 bits per heavy atom. The molecule has 1 aromatic heterocycles. The number of thiazole rings is 1. The largest absolute Gasteiger partial charge is 0.458 e. The summed E-state index contributed by atoms with van der Waals surface area (Å²) in [6, 6.07) is 0. The van der Waals surface area contributed by atoms with Gasteiger partial charge in [0.25, 0.3) is 0 Å². The Hall–Kier alpha value is -0.940. The summed E-state index contributed by atoms with van der Waals surface area (Å²) < 4.78 is 5.47. The standard InChI is InChI=1S/C12H18N2O2S/c1-8-3-2-4-9(5-8)16-12(15)10-7-17-11(6-13)14-10/h7-9H,2-6,13H2,1H3. The molecule has 0 amide bonds. The molecule has 0 aliphatic heterocycles. The Bertz CT molecular complexity index is 392. The fourth-order valence-corrected chi connectivity index (χ4v) is 2.84. The number of nitrogens with zero attached hydrogens (tertiary/aromatic N) is 1. The number of carbonyl (C=O) groups excluding carboxylic acids is 1. The van der Waals surface area contributed by atoms with Crippen molar-refractivity contribution in [3.05, 3.63) is 16.1 Å². The first kappa shape index (κ1) is 12.5. The van der Waals surface area contributed by atoms with Crippen molar-refractivity contribution in [2.45, 2.75) is 45.3 Å². The van der Waals surface area contributed by atoms with E-state index in [1.165, 1.54) is 17.8 Å². The van der Waals surface area contributed by atoms with Gasteiger partial charge in [-0.2, -0.15) is 0 Å². The van der Waals surface area contributed by atoms with Crippen molar-refractivity contribution in [2.75, 3.05) is 0 Å². The number of ether oxygens (including phenoxy) is 1. The lowest BCUT2D eigenvalue weighted by Gasteiger charge is -2.26. The molecule has 2 N–H and O–H groups in total. The molecule has 0 bridgehead atoms. The van der Waals surface area contributed by atoms with Crippen molar-refractivity contribution in [3.8, 4) is 0 Å². The van der Waals surface area contributed by atoms with Crippen LogP contribution in [0.3, 0.4) is 0 Å². The Kier molecular flexibility index (Phi) is 4.12. The number of hydrogen-bond donors (Lipinski definition) is 1. The summed E-state index contributed by atoms with van der Waals surface area (Å²) in [5.41, 5.74) is 5.86. The number of carbonyl (C=O) groups is 1. The van der Waals surface area contributed by atoms with Crippen LogP contribution in [0.1, 0.15) is 48.1 Å². The van der Waals surface area contributed by atoms with Gasteiger partial charge in [-0.15, -0.1) is 11.3 Å². The second-order valence-corrected chi connectivity index (χ2v) is 5.57. The van der Waals surface area contributed by atoms with E-state index in [1.807, 2.05) is 0 Å². The SMILES string of the molecule is CC1CCCC(OC(=O)c2csc(CN)n2)C1. The lowest BCUT2D eigenvalue weighted by Crippen LogP contribution is -2.24. The third-order valence-electron chi connectivity index (χ3n) is 3.10. The summed E-state index contributed by atoms with van der Waals surface area (Å²) in [6.07, 6.45) is 4.39. The fraction of sp³-hybridized carbons (Fsp3) is 0.667. The van der Waals surface area contributed by atoms with Crippen LogP contribution >= 0.6 is 11.3 Å². The van der Waals surface area contributed by atoms with E-state index in [4.69, 9.17) is 10.5 Å². The third kappa shape index (κ3) is 3.26. The first-order valence-electron chi connectivity index (χ1n) is 6.04. The van der Waals surface area contributed by atoms with Gasteiger partial charge in [0.15, 0.2) is 5.69 Å². The molecule has 5 heteroatoms. The molecule has 0 radical (unpaired) electrons. The predicted octanol–water partition coefficient (Wildman–Crippen LogP) is 2.34. The van der Waals surface area contributed by atoms with E-state index in [2.05, 4.69) is 11.9 Å². The normalized spacial score (nSPS) is 24.6. The quantitative estimate of drug-likeness (QED) is 0.841. The fourth-order valence-electron chi connectivity index (χ4n) is 2.20. The van der Waals surface area contributed by atoms with Crippen LogP contribution in [0.25, 0.3) is 0 Å². The minimum Gasteiger partial charge on any atom is -0.458 e. The van der Waals surface area contributed by atoms with Crippen LogP contribution in [-0.2, 0) is 11.3 Å². The number of aromatic nitrogens is 1. The lowest BCUT2D eigenvalue weighted by molar-refractivity contribution is 0.0149. The van der Waals surface area contributed by atoms with Crippen LogP contribution < -0.4 is 5.73 Å². The first-order valence-corrected chi connectivity index (χ1v) is 6.92. The van der Waals surface area contributed by atoms with Gasteiger partial charge < -0.3 is 10.5 Å². The molecule has 1 aromatic rings. The number of nitrogens with two attached hydrogens (primary N) is 1. The number of hydrogen-bond acceptors (Lipinski definition) is 5. The van der Waals surface area contributed by atoms with Crippen molar-refractivity contribution < 1.29 is 9.53 Å². The predicted molar refractivity (Wildman–Crippen MR) is 66.8 cm³/mol. The summed E-state index contributed by atoms with van der Waals surface area (Å²) in [4.78, 5) is 16.0. The van der Waals surface area contributed by atoms with E-state index in [1.54, 1.807) is 5.38 Å². The van der Waals surface area contributed by atoms with Gasteiger partial charge >= 0.3 is 5.97 Å². The highest BCUT2D eigenvalue weighted by Gasteiger charge is 2.23. The molecule has 2 unspecified atom stereocenters. The lowest BCUT2D eigenvalue weighted by atomic mass is 9.89. The van der Waals surface area contributed by atoms with Gasteiger partial charge in [0.2, 0.25) is 0 Å². The Morgan fingerprint density at radius 3 is 3.12 bits per heavy atom. The van der Waals surface area contributed by atoms with E-state index in [0.29, 0.717) is 18.2 Å². The first-order chi connectivity index (χ1) is 8.19. The monoisotopic (exact) mass is 254 g/mol. The molecule has 1 heterocycles. The Labute approximate surface area is 105 Å². The van der Waals surface area contributed by atoms with Gasteiger partial charge in [-0.05, 0) is 25.2 Å². The minimum absolute atomic E-state index is 0.0641. The van der Waals surface area contributed by atoms with Crippen molar-refractivity contribution in [1.29, 1.82) is 0 Å². The highest BCUT2D eigenvalue weighted by atomic mass is 32.1. The van der Waals surface area contributed by atoms with Crippen LogP contribution in [0, 0.1) is 5.92 Å². The molecule has 1 aliphatic rings. The average Bonchev–Trinajstić information content (AvgIpc) is 2.77. The molecular formula is C12H18N2O2S. The molecule has 2 atom stereocenters. The van der Waals surface area contributed by atoms with Crippen LogP contribution in [-0.4, -0.2) is 17.1 Å².